The van der Waals surface area contributed by atoms with Crippen molar-refractivity contribution in [2.45, 2.75) is 48.6 Å². The number of aromatic nitrogens is 4. The minimum atomic E-state index is -0.0814. The van der Waals surface area contributed by atoms with Crippen LogP contribution in [0.5, 0.6) is 0 Å². The van der Waals surface area contributed by atoms with Gasteiger partial charge in [-0.05, 0) is 36.1 Å². The predicted molar refractivity (Wildman–Crippen MR) is 73.4 cm³/mol. The average molecular weight is 297 g/mol. The number of ether oxygens (including phenoxy) is 1. The zero-order chi connectivity index (χ0) is 13.8. The number of nitrogens with one attached hydrogen (secondary N) is 1. The Balaban J connectivity index is 1.70. The van der Waals surface area contributed by atoms with Gasteiger partial charge in [0.25, 0.3) is 0 Å². The van der Waals surface area contributed by atoms with Crippen molar-refractivity contribution in [3.8, 4) is 0 Å². The van der Waals surface area contributed by atoms with E-state index in [0.717, 1.165) is 57.0 Å². The third kappa shape index (κ3) is 3.12. The Morgan fingerprint density at radius 2 is 2.10 bits per heavy atom. The topological polar surface area (TPSA) is 81.9 Å². The molecule has 2 saturated heterocycles. The molecule has 0 bridgehead atoms. The van der Waals surface area contributed by atoms with Gasteiger partial charge in [0.1, 0.15) is 0 Å². The van der Waals surface area contributed by atoms with Gasteiger partial charge >= 0.3 is 0 Å². The molecule has 7 nitrogen and oxygen atoms in total. The molecule has 1 atom stereocenters. The summed E-state index contributed by atoms with van der Waals surface area (Å²) < 4.78 is 7.23. The zero-order valence-corrected chi connectivity index (χ0v) is 12.1. The Morgan fingerprint density at radius 3 is 2.95 bits per heavy atom. The van der Waals surface area contributed by atoms with E-state index in [2.05, 4.69) is 20.8 Å². The van der Waals surface area contributed by atoms with E-state index >= 15 is 0 Å². The fourth-order valence-corrected chi connectivity index (χ4v) is 3.68. The average Bonchev–Trinajstić information content (AvgIpc) is 2.85. The normalized spacial score (nSPS) is 25.2. The molecule has 2 aliphatic rings. The number of carbonyl (C=O) groups excluding carboxylic acids is 1. The van der Waals surface area contributed by atoms with Gasteiger partial charge in [-0.25, -0.2) is 4.68 Å². The zero-order valence-electron chi connectivity index (χ0n) is 11.3. The quantitative estimate of drug-likeness (QED) is 0.888. The summed E-state index contributed by atoms with van der Waals surface area (Å²) in [6.45, 7) is 2.28. The minimum absolute atomic E-state index is 0.0814. The maximum atomic E-state index is 12.0. The number of hydrogen-bond donors (Lipinski definition) is 1. The lowest BCUT2D eigenvalue weighted by Gasteiger charge is -2.23. The van der Waals surface area contributed by atoms with E-state index in [9.17, 15) is 4.79 Å². The van der Waals surface area contributed by atoms with Crippen molar-refractivity contribution in [1.29, 1.82) is 0 Å². The number of thioether (sulfide) groups is 1. The number of rotatable bonds is 3. The lowest BCUT2D eigenvalue weighted by atomic mass is 10.1. The molecular formula is C12H19N5O2S. The van der Waals surface area contributed by atoms with Crippen molar-refractivity contribution in [3.63, 3.8) is 0 Å². The molecule has 1 N–H and O–H groups in total. The molecule has 2 aliphatic heterocycles. The van der Waals surface area contributed by atoms with Crippen LogP contribution in [0.15, 0.2) is 5.16 Å². The Kier molecular flexibility index (Phi) is 4.51. The van der Waals surface area contributed by atoms with E-state index in [1.54, 1.807) is 0 Å². The summed E-state index contributed by atoms with van der Waals surface area (Å²) in [6.07, 6.45) is 4.85. The Hall–Kier alpha value is -1.15. The second-order valence-electron chi connectivity index (χ2n) is 5.14. The number of amides is 1. The van der Waals surface area contributed by atoms with Gasteiger partial charge in [-0.3, -0.25) is 4.79 Å². The van der Waals surface area contributed by atoms with E-state index in [1.807, 2.05) is 4.68 Å². The molecule has 1 aromatic rings. The fraction of sp³-hybridized carbons (Fsp3) is 0.833. The first-order valence-electron chi connectivity index (χ1n) is 7.14. The van der Waals surface area contributed by atoms with Crippen molar-refractivity contribution in [2.75, 3.05) is 19.8 Å². The number of hydrogen-bond acceptors (Lipinski definition) is 6. The number of nitrogens with zero attached hydrogens (tertiary/aromatic N) is 4. The SMILES string of the molecule is O=C1NCCCC[C@H]1Sc1nnnn1C1CCOCC1. The second kappa shape index (κ2) is 6.53. The molecule has 3 rings (SSSR count). The molecule has 0 unspecified atom stereocenters. The first-order chi connectivity index (χ1) is 9.84. The Bertz CT molecular complexity index is 460. The largest absolute Gasteiger partial charge is 0.381 e. The Morgan fingerprint density at radius 1 is 1.25 bits per heavy atom. The van der Waals surface area contributed by atoms with Crippen LogP contribution in [-0.2, 0) is 9.53 Å². The van der Waals surface area contributed by atoms with Gasteiger partial charge in [-0.1, -0.05) is 18.2 Å². The third-order valence-corrected chi connectivity index (χ3v) is 4.95. The molecule has 0 aromatic carbocycles. The summed E-state index contributed by atoms with van der Waals surface area (Å²) in [5.41, 5.74) is 0. The highest BCUT2D eigenvalue weighted by molar-refractivity contribution is 8.00. The number of carbonyl (C=O) groups is 1. The highest BCUT2D eigenvalue weighted by atomic mass is 32.2. The van der Waals surface area contributed by atoms with Crippen LogP contribution in [-0.4, -0.2) is 51.1 Å². The monoisotopic (exact) mass is 297 g/mol. The van der Waals surface area contributed by atoms with E-state index in [1.165, 1.54) is 11.8 Å². The molecule has 0 radical (unpaired) electrons. The van der Waals surface area contributed by atoms with Crippen LogP contribution in [0.25, 0.3) is 0 Å². The smallest absolute Gasteiger partial charge is 0.233 e. The summed E-state index contributed by atoms with van der Waals surface area (Å²) in [5, 5.41) is 15.6. The van der Waals surface area contributed by atoms with E-state index in [4.69, 9.17) is 4.74 Å². The lowest BCUT2D eigenvalue weighted by Crippen LogP contribution is -2.31. The minimum Gasteiger partial charge on any atom is -0.381 e. The molecule has 8 heteroatoms. The molecule has 1 aromatic heterocycles. The van der Waals surface area contributed by atoms with Gasteiger partial charge in [0, 0.05) is 19.8 Å². The standard InChI is InChI=1S/C12H19N5O2S/c18-11-10(3-1-2-6-13-11)20-12-14-15-16-17(12)9-4-7-19-8-5-9/h9-10H,1-8H2,(H,13,18)/t10-/m1/s1. The van der Waals surface area contributed by atoms with Crippen LogP contribution in [0.1, 0.15) is 38.1 Å². The van der Waals surface area contributed by atoms with Crippen molar-refractivity contribution < 1.29 is 9.53 Å². The predicted octanol–water partition coefficient (Wildman–Crippen LogP) is 0.785. The maximum Gasteiger partial charge on any atom is 0.233 e. The van der Waals surface area contributed by atoms with Gasteiger partial charge in [0.05, 0.1) is 11.3 Å². The van der Waals surface area contributed by atoms with Crippen molar-refractivity contribution >= 4 is 17.7 Å². The van der Waals surface area contributed by atoms with E-state index in [0.29, 0.717) is 0 Å². The highest BCUT2D eigenvalue weighted by Crippen LogP contribution is 2.30. The van der Waals surface area contributed by atoms with Crippen LogP contribution < -0.4 is 5.32 Å². The van der Waals surface area contributed by atoms with Gasteiger partial charge in [-0.15, -0.1) is 5.10 Å². The molecule has 110 valence electrons. The summed E-state index contributed by atoms with van der Waals surface area (Å²) in [5.74, 6) is 0.106. The maximum absolute atomic E-state index is 12.0. The molecule has 0 spiro atoms. The summed E-state index contributed by atoms with van der Waals surface area (Å²) in [4.78, 5) is 12.0. The molecular weight excluding hydrogens is 278 g/mol. The molecule has 20 heavy (non-hydrogen) atoms. The molecule has 3 heterocycles. The molecule has 0 saturated carbocycles. The summed E-state index contributed by atoms with van der Waals surface area (Å²) in [7, 11) is 0. The Labute approximate surface area is 121 Å². The molecule has 0 aliphatic carbocycles. The van der Waals surface area contributed by atoms with Crippen LogP contribution >= 0.6 is 11.8 Å². The first kappa shape index (κ1) is 13.8. The van der Waals surface area contributed by atoms with Crippen molar-refractivity contribution in [1.82, 2.24) is 25.5 Å². The van der Waals surface area contributed by atoms with Gasteiger partial charge in [0.2, 0.25) is 11.1 Å². The van der Waals surface area contributed by atoms with Crippen LogP contribution in [0.3, 0.4) is 0 Å². The van der Waals surface area contributed by atoms with Crippen LogP contribution in [0.4, 0.5) is 0 Å². The summed E-state index contributed by atoms with van der Waals surface area (Å²) in [6, 6.07) is 0.287. The highest BCUT2D eigenvalue weighted by Gasteiger charge is 2.27. The van der Waals surface area contributed by atoms with Crippen molar-refractivity contribution in [3.05, 3.63) is 0 Å². The van der Waals surface area contributed by atoms with Crippen molar-refractivity contribution in [2.24, 2.45) is 0 Å². The van der Waals surface area contributed by atoms with Gasteiger partial charge in [0.15, 0.2) is 0 Å². The number of tetrazole rings is 1. The third-order valence-electron chi connectivity index (χ3n) is 3.73. The summed E-state index contributed by atoms with van der Waals surface area (Å²) >= 11 is 1.49. The van der Waals surface area contributed by atoms with E-state index < -0.39 is 0 Å². The van der Waals surface area contributed by atoms with Crippen LogP contribution in [0, 0.1) is 0 Å². The molecule has 2 fully saturated rings. The second-order valence-corrected chi connectivity index (χ2v) is 6.31. The van der Waals surface area contributed by atoms with Gasteiger partial charge < -0.3 is 10.1 Å². The lowest BCUT2D eigenvalue weighted by molar-refractivity contribution is -0.120. The van der Waals surface area contributed by atoms with Gasteiger partial charge in [-0.2, -0.15) is 0 Å². The molecule has 1 amide bonds. The van der Waals surface area contributed by atoms with E-state index in [-0.39, 0.29) is 17.2 Å². The first-order valence-corrected chi connectivity index (χ1v) is 8.02. The fourth-order valence-electron chi connectivity index (χ4n) is 2.57. The van der Waals surface area contributed by atoms with Crippen LogP contribution in [0.2, 0.25) is 0 Å².